The second kappa shape index (κ2) is 11.0. The predicted octanol–water partition coefficient (Wildman–Crippen LogP) is 4.88. The normalized spacial score (nSPS) is 16.8. The van der Waals surface area contributed by atoms with Gasteiger partial charge in [-0.3, -0.25) is 4.79 Å². The molecule has 0 saturated carbocycles. The Balaban J connectivity index is 1.47. The number of ether oxygens (including phenoxy) is 1. The number of hydrogen-bond donors (Lipinski definition) is 1. The third kappa shape index (κ3) is 6.33. The zero-order valence-electron chi connectivity index (χ0n) is 17.8. The van der Waals surface area contributed by atoms with Gasteiger partial charge in [0.05, 0.1) is 12.1 Å². The molecule has 4 nitrogen and oxygen atoms in total. The molecule has 0 spiro atoms. The SMILES string of the molecule is CC(C)Oc1ccccc1CCCNCc1cccc(C2CCCCN2C=O)c1. The quantitative estimate of drug-likeness (QED) is 0.461. The maximum absolute atomic E-state index is 11.4. The van der Waals surface area contributed by atoms with Crippen LogP contribution < -0.4 is 10.1 Å². The summed E-state index contributed by atoms with van der Waals surface area (Å²) in [6.45, 7) is 6.82. The van der Waals surface area contributed by atoms with E-state index < -0.39 is 0 Å². The predicted molar refractivity (Wildman–Crippen MR) is 118 cm³/mol. The van der Waals surface area contributed by atoms with E-state index in [1.807, 2.05) is 11.0 Å². The lowest BCUT2D eigenvalue weighted by molar-refractivity contribution is -0.121. The standard InChI is InChI=1S/C25H34N2O2/c1-20(2)29-25-14-4-3-10-22(25)12-8-15-26-18-21-9-7-11-23(17-21)24-13-5-6-16-27(24)19-28/h3-4,7,9-11,14,17,19-20,24,26H,5-6,8,12-13,15-16,18H2,1-2H3. The first kappa shape index (κ1) is 21.4. The van der Waals surface area contributed by atoms with Gasteiger partial charge in [0.1, 0.15) is 5.75 Å². The van der Waals surface area contributed by atoms with Crippen LogP contribution in [-0.2, 0) is 17.8 Å². The number of benzene rings is 2. The summed E-state index contributed by atoms with van der Waals surface area (Å²) in [6, 6.07) is 17.2. The third-order valence-electron chi connectivity index (χ3n) is 5.48. The van der Waals surface area contributed by atoms with E-state index in [-0.39, 0.29) is 12.1 Å². The van der Waals surface area contributed by atoms with E-state index >= 15 is 0 Å². The number of rotatable bonds is 10. The highest BCUT2D eigenvalue weighted by Gasteiger charge is 2.22. The van der Waals surface area contributed by atoms with Gasteiger partial charge in [-0.1, -0.05) is 42.5 Å². The van der Waals surface area contributed by atoms with Crippen molar-refractivity contribution in [2.24, 2.45) is 0 Å². The fourth-order valence-corrected chi connectivity index (χ4v) is 4.06. The van der Waals surface area contributed by atoms with E-state index in [1.54, 1.807) is 0 Å². The van der Waals surface area contributed by atoms with E-state index in [9.17, 15) is 4.79 Å². The summed E-state index contributed by atoms with van der Waals surface area (Å²) in [5.41, 5.74) is 3.81. The Morgan fingerprint density at radius 2 is 2.03 bits per heavy atom. The molecule has 1 heterocycles. The van der Waals surface area contributed by atoms with Gasteiger partial charge in [0, 0.05) is 13.1 Å². The fraction of sp³-hybridized carbons (Fsp3) is 0.480. The number of piperidine rings is 1. The molecular weight excluding hydrogens is 360 g/mol. The maximum atomic E-state index is 11.4. The molecule has 156 valence electrons. The first-order chi connectivity index (χ1) is 14.2. The molecule has 1 atom stereocenters. The average Bonchev–Trinajstić information content (AvgIpc) is 2.74. The van der Waals surface area contributed by atoms with Crippen LogP contribution in [0.1, 0.15) is 62.3 Å². The van der Waals surface area contributed by atoms with Crippen LogP contribution in [0.3, 0.4) is 0 Å². The second-order valence-corrected chi connectivity index (χ2v) is 8.15. The summed E-state index contributed by atoms with van der Waals surface area (Å²) in [5.74, 6) is 1.00. The van der Waals surface area contributed by atoms with E-state index in [4.69, 9.17) is 4.74 Å². The lowest BCUT2D eigenvalue weighted by Gasteiger charge is -2.33. The van der Waals surface area contributed by atoms with Crippen LogP contribution in [-0.4, -0.2) is 30.5 Å². The monoisotopic (exact) mass is 394 g/mol. The summed E-state index contributed by atoms with van der Waals surface area (Å²) in [4.78, 5) is 13.3. The van der Waals surface area contributed by atoms with Gasteiger partial charge in [-0.15, -0.1) is 0 Å². The van der Waals surface area contributed by atoms with Crippen LogP contribution in [0.2, 0.25) is 0 Å². The van der Waals surface area contributed by atoms with Crippen molar-refractivity contribution in [3.05, 3.63) is 65.2 Å². The summed E-state index contributed by atoms with van der Waals surface area (Å²) in [6.07, 6.45) is 6.65. The molecule has 0 aromatic heterocycles. The van der Waals surface area contributed by atoms with Crippen LogP contribution >= 0.6 is 0 Å². The molecule has 1 saturated heterocycles. The number of nitrogens with one attached hydrogen (secondary N) is 1. The van der Waals surface area contributed by atoms with Gasteiger partial charge in [0.2, 0.25) is 6.41 Å². The zero-order valence-corrected chi connectivity index (χ0v) is 17.8. The first-order valence-electron chi connectivity index (χ1n) is 10.9. The van der Waals surface area contributed by atoms with Crippen LogP contribution in [0.5, 0.6) is 5.75 Å². The van der Waals surface area contributed by atoms with E-state index in [0.717, 1.165) is 57.5 Å². The number of para-hydroxylation sites is 1. The van der Waals surface area contributed by atoms with Crippen LogP contribution in [0, 0.1) is 0 Å². The molecule has 1 unspecified atom stereocenters. The minimum atomic E-state index is 0.195. The minimum absolute atomic E-state index is 0.195. The fourth-order valence-electron chi connectivity index (χ4n) is 4.06. The number of likely N-dealkylation sites (tertiary alicyclic amines) is 1. The number of aryl methyl sites for hydroxylation is 1. The largest absolute Gasteiger partial charge is 0.491 e. The molecule has 29 heavy (non-hydrogen) atoms. The van der Waals surface area contributed by atoms with E-state index in [2.05, 4.69) is 61.6 Å². The molecule has 0 aliphatic carbocycles. The van der Waals surface area contributed by atoms with Crippen LogP contribution in [0.25, 0.3) is 0 Å². The van der Waals surface area contributed by atoms with Crippen molar-refractivity contribution < 1.29 is 9.53 Å². The topological polar surface area (TPSA) is 41.6 Å². The summed E-state index contributed by atoms with van der Waals surface area (Å²) in [7, 11) is 0. The van der Waals surface area contributed by atoms with Crippen molar-refractivity contribution in [2.45, 2.75) is 64.6 Å². The first-order valence-corrected chi connectivity index (χ1v) is 10.9. The molecular formula is C25H34N2O2. The molecule has 1 amide bonds. The third-order valence-corrected chi connectivity index (χ3v) is 5.48. The maximum Gasteiger partial charge on any atom is 0.210 e. The molecule has 1 aliphatic rings. The number of amides is 1. The van der Waals surface area contributed by atoms with Crippen molar-refractivity contribution in [3.8, 4) is 5.75 Å². The second-order valence-electron chi connectivity index (χ2n) is 8.15. The van der Waals surface area contributed by atoms with Crippen LogP contribution in [0.15, 0.2) is 48.5 Å². The van der Waals surface area contributed by atoms with Gasteiger partial charge in [0.15, 0.2) is 0 Å². The average molecular weight is 395 g/mol. The smallest absolute Gasteiger partial charge is 0.210 e. The Morgan fingerprint density at radius 1 is 1.17 bits per heavy atom. The summed E-state index contributed by atoms with van der Waals surface area (Å²) in [5, 5.41) is 3.56. The molecule has 4 heteroatoms. The Bertz CT molecular complexity index is 775. The van der Waals surface area contributed by atoms with Crippen molar-refractivity contribution in [3.63, 3.8) is 0 Å². The summed E-state index contributed by atoms with van der Waals surface area (Å²) >= 11 is 0. The zero-order chi connectivity index (χ0) is 20.5. The van der Waals surface area contributed by atoms with Gasteiger partial charge in [-0.2, -0.15) is 0 Å². The Labute approximate surface area is 175 Å². The molecule has 2 aromatic carbocycles. The Hall–Kier alpha value is -2.33. The van der Waals surface area contributed by atoms with Crippen molar-refractivity contribution in [2.75, 3.05) is 13.1 Å². The van der Waals surface area contributed by atoms with Gasteiger partial charge < -0.3 is 15.0 Å². The number of carbonyl (C=O) groups excluding carboxylic acids is 1. The summed E-state index contributed by atoms with van der Waals surface area (Å²) < 4.78 is 5.91. The molecule has 2 aromatic rings. The molecule has 3 rings (SSSR count). The Morgan fingerprint density at radius 3 is 2.86 bits per heavy atom. The minimum Gasteiger partial charge on any atom is -0.491 e. The highest BCUT2D eigenvalue weighted by atomic mass is 16.5. The molecule has 1 fully saturated rings. The lowest BCUT2D eigenvalue weighted by atomic mass is 9.94. The van der Waals surface area contributed by atoms with Gasteiger partial charge in [0.25, 0.3) is 0 Å². The molecule has 1 N–H and O–H groups in total. The lowest BCUT2D eigenvalue weighted by Crippen LogP contribution is -2.32. The Kier molecular flexibility index (Phi) is 8.12. The van der Waals surface area contributed by atoms with Crippen molar-refractivity contribution >= 4 is 6.41 Å². The van der Waals surface area contributed by atoms with Crippen molar-refractivity contribution in [1.29, 1.82) is 0 Å². The van der Waals surface area contributed by atoms with Crippen LogP contribution in [0.4, 0.5) is 0 Å². The van der Waals surface area contributed by atoms with Gasteiger partial charge >= 0.3 is 0 Å². The molecule has 1 aliphatic heterocycles. The number of nitrogens with zero attached hydrogens (tertiary/aromatic N) is 1. The van der Waals surface area contributed by atoms with Crippen molar-refractivity contribution in [1.82, 2.24) is 10.2 Å². The van der Waals surface area contributed by atoms with E-state index in [1.165, 1.54) is 23.1 Å². The number of hydrogen-bond acceptors (Lipinski definition) is 3. The van der Waals surface area contributed by atoms with E-state index in [0.29, 0.717) is 0 Å². The van der Waals surface area contributed by atoms with Gasteiger partial charge in [-0.25, -0.2) is 0 Å². The molecule has 0 bridgehead atoms. The highest BCUT2D eigenvalue weighted by molar-refractivity contribution is 5.49. The molecule has 0 radical (unpaired) electrons. The van der Waals surface area contributed by atoms with Gasteiger partial charge in [-0.05, 0) is 75.3 Å². The highest BCUT2D eigenvalue weighted by Crippen LogP contribution is 2.30. The number of carbonyl (C=O) groups is 1.